The molecule has 0 aromatic heterocycles. The summed E-state index contributed by atoms with van der Waals surface area (Å²) in [7, 11) is 0. The Morgan fingerprint density at radius 1 is 1.41 bits per heavy atom. The van der Waals surface area contributed by atoms with Crippen LogP contribution in [0.25, 0.3) is 0 Å². The van der Waals surface area contributed by atoms with Crippen molar-refractivity contribution in [3.8, 4) is 0 Å². The second-order valence-corrected chi connectivity index (χ2v) is 8.96. The third kappa shape index (κ3) is 4.17. The number of aliphatic imine (C=N–C) groups is 1. The van der Waals surface area contributed by atoms with E-state index >= 15 is 0 Å². The molecule has 1 aliphatic carbocycles. The van der Waals surface area contributed by atoms with Crippen molar-refractivity contribution >= 4 is 28.7 Å². The molecule has 1 fully saturated rings. The summed E-state index contributed by atoms with van der Waals surface area (Å²) in [6, 6.07) is 3.89. The molecule has 2 aliphatic rings. The fraction of sp³-hybridized carbons (Fsp3) is 0.556. The Hall–Kier alpha value is -1.90. The number of hydrogen-bond acceptors (Lipinski definition) is 5. The number of nitrogens with zero attached hydrogens (tertiary/aromatic N) is 1. The van der Waals surface area contributed by atoms with Crippen molar-refractivity contribution in [3.05, 3.63) is 29.6 Å². The van der Waals surface area contributed by atoms with E-state index in [1.165, 1.54) is 12.1 Å². The lowest BCUT2D eigenvalue weighted by Crippen LogP contribution is -2.42. The number of hydrogen-bond donors (Lipinski definition) is 2. The van der Waals surface area contributed by atoms with E-state index < -0.39 is 47.7 Å². The van der Waals surface area contributed by atoms with Gasteiger partial charge >= 0.3 is 6.09 Å². The van der Waals surface area contributed by atoms with Gasteiger partial charge in [-0.2, -0.15) is 0 Å². The van der Waals surface area contributed by atoms with Gasteiger partial charge in [-0.05, 0) is 39.0 Å². The van der Waals surface area contributed by atoms with Gasteiger partial charge in [0, 0.05) is 35.8 Å². The average molecular weight is 401 g/mol. The highest BCUT2D eigenvalue weighted by atomic mass is 32.2. The number of fused-ring (bicyclic) bond motifs is 1. The largest absolute Gasteiger partial charge is 0.444 e. The number of alkyl halides is 2. The molecular formula is C18H22F3N3O2S. The van der Waals surface area contributed by atoms with Gasteiger partial charge in [-0.25, -0.2) is 23.0 Å². The number of amidine groups is 1. The molecule has 0 saturated heterocycles. The molecule has 0 spiro atoms. The van der Waals surface area contributed by atoms with Gasteiger partial charge in [-0.15, -0.1) is 0 Å². The minimum absolute atomic E-state index is 0.0356. The van der Waals surface area contributed by atoms with Crippen LogP contribution in [0.15, 0.2) is 23.2 Å². The number of nitrogen functional groups attached to an aromatic ring is 1. The standard InChI is InChI=1S/C18H22F3N3O2S/c1-16(2,3)26-15(25)23-14-24-18(12-6-11(22)4-5-13(12)19)9-17(20,21)7-10(18)8-27-14/h4-6,10H,7-9,22H2,1-3H3,(H,23,24,25)/t10-,18-/m0/s1. The van der Waals surface area contributed by atoms with Crippen LogP contribution in [0.3, 0.4) is 0 Å². The number of thioether (sulfide) groups is 1. The number of nitrogens with two attached hydrogens (primary N) is 1. The highest BCUT2D eigenvalue weighted by Crippen LogP contribution is 2.57. The molecule has 0 radical (unpaired) electrons. The first-order valence-electron chi connectivity index (χ1n) is 8.56. The highest BCUT2D eigenvalue weighted by molar-refractivity contribution is 8.13. The lowest BCUT2D eigenvalue weighted by atomic mass is 9.81. The minimum atomic E-state index is -2.98. The third-order valence-corrected chi connectivity index (χ3v) is 5.57. The molecule has 1 heterocycles. The first-order valence-corrected chi connectivity index (χ1v) is 9.55. The molecule has 1 amide bonds. The summed E-state index contributed by atoms with van der Waals surface area (Å²) in [5.74, 6) is -3.91. The van der Waals surface area contributed by atoms with Gasteiger partial charge in [0.25, 0.3) is 5.92 Å². The number of anilines is 1. The number of nitrogens with one attached hydrogen (secondary N) is 1. The Labute approximate surface area is 159 Å². The molecule has 27 heavy (non-hydrogen) atoms. The SMILES string of the molecule is CC(C)(C)OC(=O)NC1=N[C@@]2(c3cc(N)ccc3F)CC(F)(F)C[C@H]2CS1. The zero-order chi connectivity index (χ0) is 20.0. The van der Waals surface area contributed by atoms with Gasteiger partial charge in [0.05, 0.1) is 0 Å². The van der Waals surface area contributed by atoms with Crippen LogP contribution in [0.4, 0.5) is 23.7 Å². The van der Waals surface area contributed by atoms with Crippen molar-refractivity contribution < 1.29 is 22.7 Å². The van der Waals surface area contributed by atoms with Crippen LogP contribution >= 0.6 is 11.8 Å². The molecule has 0 bridgehead atoms. The van der Waals surface area contributed by atoms with E-state index in [2.05, 4.69) is 10.3 Å². The molecule has 5 nitrogen and oxygen atoms in total. The molecule has 148 valence electrons. The van der Waals surface area contributed by atoms with E-state index in [0.717, 1.165) is 17.8 Å². The van der Waals surface area contributed by atoms with Crippen molar-refractivity contribution in [2.75, 3.05) is 11.5 Å². The maximum atomic E-state index is 14.6. The zero-order valence-corrected chi connectivity index (χ0v) is 16.1. The number of carbonyl (C=O) groups is 1. The Kier molecular flexibility index (Phi) is 4.86. The first-order chi connectivity index (χ1) is 12.4. The fourth-order valence-corrected chi connectivity index (χ4v) is 4.70. The number of rotatable bonds is 1. The van der Waals surface area contributed by atoms with Gasteiger partial charge < -0.3 is 10.5 Å². The maximum Gasteiger partial charge on any atom is 0.413 e. The normalized spacial score (nSPS) is 26.9. The van der Waals surface area contributed by atoms with Gasteiger partial charge in [0.15, 0.2) is 5.17 Å². The Bertz CT molecular complexity index is 795. The summed E-state index contributed by atoms with van der Waals surface area (Å²) in [5, 5.41) is 2.64. The zero-order valence-electron chi connectivity index (χ0n) is 15.3. The molecule has 1 aliphatic heterocycles. The molecule has 1 saturated carbocycles. The van der Waals surface area contributed by atoms with Crippen LogP contribution < -0.4 is 11.1 Å². The maximum absolute atomic E-state index is 14.6. The number of benzene rings is 1. The van der Waals surface area contributed by atoms with Crippen LogP contribution in [0, 0.1) is 11.7 Å². The summed E-state index contributed by atoms with van der Waals surface area (Å²) in [6.07, 6.45) is -1.76. The minimum Gasteiger partial charge on any atom is -0.444 e. The van der Waals surface area contributed by atoms with Crippen molar-refractivity contribution in [3.63, 3.8) is 0 Å². The Morgan fingerprint density at radius 2 is 2.11 bits per heavy atom. The monoisotopic (exact) mass is 401 g/mol. The number of alkyl carbamates (subject to hydrolysis) is 1. The van der Waals surface area contributed by atoms with Gasteiger partial charge in [-0.3, -0.25) is 5.32 Å². The number of ether oxygens (including phenoxy) is 1. The molecular weight excluding hydrogens is 379 g/mol. The smallest absolute Gasteiger partial charge is 0.413 e. The molecule has 3 N–H and O–H groups in total. The first kappa shape index (κ1) is 19.9. The summed E-state index contributed by atoms with van der Waals surface area (Å²) in [6.45, 7) is 5.12. The molecule has 2 atom stereocenters. The van der Waals surface area contributed by atoms with Gasteiger partial charge in [0.1, 0.15) is 17.0 Å². The van der Waals surface area contributed by atoms with E-state index in [4.69, 9.17) is 10.5 Å². The molecule has 1 aromatic carbocycles. The van der Waals surface area contributed by atoms with Crippen LogP contribution in [0.1, 0.15) is 39.2 Å². The van der Waals surface area contributed by atoms with Crippen molar-refractivity contribution in [1.82, 2.24) is 5.32 Å². The summed E-state index contributed by atoms with van der Waals surface area (Å²) in [5.41, 5.74) is 3.88. The number of amides is 1. The molecule has 9 heteroatoms. The van der Waals surface area contributed by atoms with Crippen LogP contribution in [0.5, 0.6) is 0 Å². The molecule has 1 aromatic rings. The fourth-order valence-electron chi connectivity index (χ4n) is 3.57. The topological polar surface area (TPSA) is 76.7 Å². The van der Waals surface area contributed by atoms with Gasteiger partial charge in [-0.1, -0.05) is 11.8 Å². The second kappa shape index (κ2) is 6.61. The average Bonchev–Trinajstić information content (AvgIpc) is 2.78. The predicted molar refractivity (Wildman–Crippen MR) is 99.4 cm³/mol. The van der Waals surface area contributed by atoms with E-state index in [-0.39, 0.29) is 22.2 Å². The Morgan fingerprint density at radius 3 is 2.78 bits per heavy atom. The third-order valence-electron chi connectivity index (χ3n) is 4.54. The van der Waals surface area contributed by atoms with Crippen molar-refractivity contribution in [2.24, 2.45) is 10.9 Å². The Balaban J connectivity index is 2.00. The van der Waals surface area contributed by atoms with E-state index in [1.807, 2.05) is 0 Å². The van der Waals surface area contributed by atoms with Gasteiger partial charge in [0.2, 0.25) is 0 Å². The van der Waals surface area contributed by atoms with E-state index in [9.17, 15) is 18.0 Å². The van der Waals surface area contributed by atoms with Crippen LogP contribution in [-0.2, 0) is 10.3 Å². The second-order valence-electron chi connectivity index (χ2n) is 7.95. The van der Waals surface area contributed by atoms with Crippen molar-refractivity contribution in [1.29, 1.82) is 0 Å². The summed E-state index contributed by atoms with van der Waals surface area (Å²) in [4.78, 5) is 16.4. The molecule has 3 rings (SSSR count). The summed E-state index contributed by atoms with van der Waals surface area (Å²) >= 11 is 1.15. The lowest BCUT2D eigenvalue weighted by molar-refractivity contribution is 0.00149. The van der Waals surface area contributed by atoms with Crippen LogP contribution in [0.2, 0.25) is 0 Å². The number of carbonyl (C=O) groups excluding carboxylic acids is 1. The predicted octanol–water partition coefficient (Wildman–Crippen LogP) is 4.28. The highest BCUT2D eigenvalue weighted by Gasteiger charge is 2.59. The quantitative estimate of drug-likeness (QED) is 0.689. The number of halogens is 3. The summed E-state index contributed by atoms with van der Waals surface area (Å²) < 4.78 is 48.3. The van der Waals surface area contributed by atoms with E-state index in [0.29, 0.717) is 0 Å². The van der Waals surface area contributed by atoms with E-state index in [1.54, 1.807) is 20.8 Å². The van der Waals surface area contributed by atoms with Crippen LogP contribution in [-0.4, -0.2) is 28.5 Å². The lowest BCUT2D eigenvalue weighted by Gasteiger charge is -2.36. The van der Waals surface area contributed by atoms with Crippen molar-refractivity contribution in [2.45, 2.75) is 50.7 Å². The molecule has 0 unspecified atom stereocenters.